The number of Topliss-reactive ketones (excluding diaryl/α,β-unsaturated/α-hetero) is 1. The van der Waals surface area contributed by atoms with Crippen LogP contribution in [0, 0.1) is 5.92 Å². The molecule has 1 aromatic carbocycles. The van der Waals surface area contributed by atoms with Crippen molar-refractivity contribution >= 4 is 17.4 Å². The van der Waals surface area contributed by atoms with E-state index in [9.17, 15) is 9.59 Å². The number of anilines is 1. The number of benzene rings is 1. The number of amides is 1. The molecule has 1 rings (SSSR count). The van der Waals surface area contributed by atoms with Crippen LogP contribution in [0.1, 0.15) is 39.7 Å². The maximum absolute atomic E-state index is 11.5. The zero-order valence-corrected chi connectivity index (χ0v) is 12.8. The number of hydrogen-bond donors (Lipinski definition) is 2. The predicted molar refractivity (Wildman–Crippen MR) is 81.7 cm³/mol. The van der Waals surface area contributed by atoms with E-state index >= 15 is 0 Å². The highest BCUT2D eigenvalue weighted by Crippen LogP contribution is 2.16. The third kappa shape index (κ3) is 7.69. The van der Waals surface area contributed by atoms with Gasteiger partial charge in [-0.25, -0.2) is 0 Å². The molecule has 0 saturated carbocycles. The van der Waals surface area contributed by atoms with E-state index in [1.54, 1.807) is 0 Å². The van der Waals surface area contributed by atoms with Gasteiger partial charge in [0.25, 0.3) is 0 Å². The summed E-state index contributed by atoms with van der Waals surface area (Å²) in [7, 11) is 0. The van der Waals surface area contributed by atoms with Crippen molar-refractivity contribution in [2.45, 2.75) is 40.5 Å². The summed E-state index contributed by atoms with van der Waals surface area (Å²) in [6.45, 7) is 7.31. The maximum atomic E-state index is 11.5. The van der Waals surface area contributed by atoms with Crippen LogP contribution < -0.4 is 5.32 Å². The molecule has 0 aliphatic carbocycles. The third-order valence-corrected chi connectivity index (χ3v) is 2.64. The number of hydrogen-bond acceptors (Lipinski definition) is 3. The van der Waals surface area contributed by atoms with E-state index in [0.717, 1.165) is 12.1 Å². The first-order valence-electron chi connectivity index (χ1n) is 6.91. The summed E-state index contributed by atoms with van der Waals surface area (Å²) in [4.78, 5) is 21.4. The largest absolute Gasteiger partial charge is 0.396 e. The normalized spacial score (nSPS) is 9.70. The van der Waals surface area contributed by atoms with Gasteiger partial charge >= 0.3 is 0 Å². The van der Waals surface area contributed by atoms with Gasteiger partial charge in [0, 0.05) is 24.6 Å². The van der Waals surface area contributed by atoms with Gasteiger partial charge in [0.1, 0.15) is 5.78 Å². The fraction of sp³-hybridized carbons (Fsp3) is 0.500. The zero-order valence-electron chi connectivity index (χ0n) is 12.8. The number of para-hydroxylation sites is 1. The summed E-state index contributed by atoms with van der Waals surface area (Å²) in [5.41, 5.74) is 2.12. The van der Waals surface area contributed by atoms with Gasteiger partial charge < -0.3 is 10.4 Å². The van der Waals surface area contributed by atoms with Crippen molar-refractivity contribution in [3.63, 3.8) is 0 Å². The average Bonchev–Trinajstić information content (AvgIpc) is 2.39. The van der Waals surface area contributed by atoms with Crippen LogP contribution in [0.25, 0.3) is 0 Å². The average molecular weight is 279 g/mol. The van der Waals surface area contributed by atoms with E-state index < -0.39 is 0 Å². The van der Waals surface area contributed by atoms with Gasteiger partial charge in [0.15, 0.2) is 0 Å². The summed E-state index contributed by atoms with van der Waals surface area (Å²) < 4.78 is 0. The van der Waals surface area contributed by atoms with E-state index in [4.69, 9.17) is 5.11 Å². The lowest BCUT2D eigenvalue weighted by Crippen LogP contribution is -2.18. The standard InChI is InChI=1S/C12H17NO.C4H8O2/c1-4-10-7-5-6-8-11(10)13-12(14)9(2)3;1-4(6)2-3-5/h5-9H,4H2,1-3H3,(H,13,14);5H,2-3H2,1H3. The highest BCUT2D eigenvalue weighted by atomic mass is 16.3. The maximum Gasteiger partial charge on any atom is 0.226 e. The van der Waals surface area contributed by atoms with Gasteiger partial charge in [0.2, 0.25) is 5.91 Å². The molecule has 0 heterocycles. The SMILES string of the molecule is CC(=O)CCO.CCc1ccccc1NC(=O)C(C)C. The fourth-order valence-electron chi connectivity index (χ4n) is 1.39. The number of ketones is 1. The molecule has 4 nitrogen and oxygen atoms in total. The molecule has 0 atom stereocenters. The van der Waals surface area contributed by atoms with Crippen molar-refractivity contribution < 1.29 is 14.7 Å². The molecular formula is C16H25NO3. The number of carbonyl (C=O) groups is 2. The minimum atomic E-state index is -0.0185. The topological polar surface area (TPSA) is 66.4 Å². The smallest absolute Gasteiger partial charge is 0.226 e. The molecule has 0 aliphatic rings. The van der Waals surface area contributed by atoms with E-state index in [-0.39, 0.29) is 24.2 Å². The molecule has 0 aliphatic heterocycles. The summed E-state index contributed by atoms with van der Waals surface area (Å²) in [5, 5.41) is 10.9. The van der Waals surface area contributed by atoms with Gasteiger partial charge in [-0.2, -0.15) is 0 Å². The summed E-state index contributed by atoms with van der Waals surface area (Å²) in [6, 6.07) is 7.91. The van der Waals surface area contributed by atoms with Crippen LogP contribution in [0.3, 0.4) is 0 Å². The van der Waals surface area contributed by atoms with Crippen LogP contribution >= 0.6 is 0 Å². The van der Waals surface area contributed by atoms with Gasteiger partial charge in [-0.3, -0.25) is 9.59 Å². The first-order valence-corrected chi connectivity index (χ1v) is 6.91. The molecule has 20 heavy (non-hydrogen) atoms. The Morgan fingerprint density at radius 2 is 1.85 bits per heavy atom. The Morgan fingerprint density at radius 3 is 2.25 bits per heavy atom. The Morgan fingerprint density at radius 1 is 1.25 bits per heavy atom. The number of carbonyl (C=O) groups excluding carboxylic acids is 2. The van der Waals surface area contributed by atoms with Crippen LogP contribution in [-0.4, -0.2) is 23.4 Å². The number of aliphatic hydroxyl groups is 1. The third-order valence-electron chi connectivity index (χ3n) is 2.64. The Labute approximate surface area is 121 Å². The van der Waals surface area contributed by atoms with E-state index in [1.807, 2.05) is 38.1 Å². The second-order valence-corrected chi connectivity index (χ2v) is 4.83. The molecule has 0 unspecified atom stereocenters. The molecule has 112 valence electrons. The molecule has 0 fully saturated rings. The molecular weight excluding hydrogens is 254 g/mol. The minimum Gasteiger partial charge on any atom is -0.396 e. The first kappa shape index (κ1) is 18.3. The number of nitrogens with one attached hydrogen (secondary N) is 1. The Bertz CT molecular complexity index is 427. The Hall–Kier alpha value is -1.68. The monoisotopic (exact) mass is 279 g/mol. The molecule has 1 amide bonds. The molecule has 2 N–H and O–H groups in total. The van der Waals surface area contributed by atoms with Crippen molar-refractivity contribution in [1.82, 2.24) is 0 Å². The molecule has 0 aromatic heterocycles. The van der Waals surface area contributed by atoms with E-state index in [2.05, 4.69) is 12.2 Å². The second-order valence-electron chi connectivity index (χ2n) is 4.83. The summed E-state index contributed by atoms with van der Waals surface area (Å²) >= 11 is 0. The van der Waals surface area contributed by atoms with Gasteiger partial charge in [-0.05, 0) is 25.0 Å². The van der Waals surface area contributed by atoms with Crippen LogP contribution in [0.2, 0.25) is 0 Å². The predicted octanol–water partition coefficient (Wildman–Crippen LogP) is 2.80. The van der Waals surface area contributed by atoms with E-state index in [0.29, 0.717) is 6.42 Å². The summed E-state index contributed by atoms with van der Waals surface area (Å²) in [5.74, 6) is 0.142. The van der Waals surface area contributed by atoms with Crippen molar-refractivity contribution in [1.29, 1.82) is 0 Å². The van der Waals surface area contributed by atoms with Crippen LogP contribution in [-0.2, 0) is 16.0 Å². The zero-order chi connectivity index (χ0) is 15.5. The molecule has 0 bridgehead atoms. The van der Waals surface area contributed by atoms with Crippen LogP contribution in [0.5, 0.6) is 0 Å². The molecule has 0 saturated heterocycles. The van der Waals surface area contributed by atoms with Gasteiger partial charge in [-0.1, -0.05) is 39.0 Å². The summed E-state index contributed by atoms with van der Waals surface area (Å²) in [6.07, 6.45) is 1.23. The number of aryl methyl sites for hydroxylation is 1. The Kier molecular flexibility index (Phi) is 9.30. The van der Waals surface area contributed by atoms with Crippen molar-refractivity contribution in [2.24, 2.45) is 5.92 Å². The van der Waals surface area contributed by atoms with Crippen molar-refractivity contribution in [2.75, 3.05) is 11.9 Å². The number of rotatable bonds is 5. The lowest BCUT2D eigenvalue weighted by Gasteiger charge is -2.11. The van der Waals surface area contributed by atoms with Gasteiger partial charge in [-0.15, -0.1) is 0 Å². The van der Waals surface area contributed by atoms with Crippen LogP contribution in [0.4, 0.5) is 5.69 Å². The lowest BCUT2D eigenvalue weighted by atomic mass is 10.1. The second kappa shape index (κ2) is 10.1. The highest BCUT2D eigenvalue weighted by Gasteiger charge is 2.08. The Balaban J connectivity index is 0.000000511. The van der Waals surface area contributed by atoms with Crippen molar-refractivity contribution in [3.8, 4) is 0 Å². The quantitative estimate of drug-likeness (QED) is 0.871. The van der Waals surface area contributed by atoms with E-state index in [1.165, 1.54) is 12.5 Å². The fourth-order valence-corrected chi connectivity index (χ4v) is 1.39. The number of aliphatic hydroxyl groups excluding tert-OH is 1. The highest BCUT2D eigenvalue weighted by molar-refractivity contribution is 5.92. The van der Waals surface area contributed by atoms with Crippen LogP contribution in [0.15, 0.2) is 24.3 Å². The first-order chi connectivity index (χ1) is 9.42. The molecule has 0 radical (unpaired) electrons. The lowest BCUT2D eigenvalue weighted by molar-refractivity contribution is -0.119. The minimum absolute atomic E-state index is 0.0185. The van der Waals surface area contributed by atoms with Crippen molar-refractivity contribution in [3.05, 3.63) is 29.8 Å². The molecule has 4 heteroatoms. The molecule has 0 spiro atoms. The van der Waals surface area contributed by atoms with Gasteiger partial charge in [0.05, 0.1) is 0 Å². The molecule has 1 aromatic rings.